The van der Waals surface area contributed by atoms with Gasteiger partial charge in [-0.1, -0.05) is 18.6 Å². The summed E-state index contributed by atoms with van der Waals surface area (Å²) in [5.41, 5.74) is 1.49. The van der Waals surface area contributed by atoms with Crippen LogP contribution in [0.25, 0.3) is 0 Å². The lowest BCUT2D eigenvalue weighted by Gasteiger charge is -2.34. The van der Waals surface area contributed by atoms with Crippen LogP contribution in [0.2, 0.25) is 0 Å². The van der Waals surface area contributed by atoms with Crippen LogP contribution in [-0.2, 0) is 0 Å². The Labute approximate surface area is 153 Å². The predicted octanol–water partition coefficient (Wildman–Crippen LogP) is 4.53. The van der Waals surface area contributed by atoms with Crippen molar-refractivity contribution >= 4 is 0 Å². The molecule has 25 heavy (non-hydrogen) atoms. The number of nitrogens with zero attached hydrogens (tertiary/aromatic N) is 1. The SMILES string of the molecule is c1cc([C@H]2CC[C@H]3CCCCN32)ccc1OCCCC1CCCNC1. The van der Waals surface area contributed by atoms with Gasteiger partial charge in [0.15, 0.2) is 0 Å². The third-order valence-corrected chi connectivity index (χ3v) is 6.54. The van der Waals surface area contributed by atoms with Gasteiger partial charge in [0.2, 0.25) is 0 Å². The lowest BCUT2D eigenvalue weighted by Crippen LogP contribution is -2.35. The second-order valence-electron chi connectivity index (χ2n) is 8.25. The molecule has 0 aromatic heterocycles. The molecule has 1 N–H and O–H groups in total. The Morgan fingerprint density at radius 1 is 1.00 bits per heavy atom. The molecule has 0 radical (unpaired) electrons. The third-order valence-electron chi connectivity index (χ3n) is 6.54. The van der Waals surface area contributed by atoms with Crippen molar-refractivity contribution in [2.24, 2.45) is 5.92 Å². The Morgan fingerprint density at radius 2 is 1.92 bits per heavy atom. The molecule has 3 heterocycles. The van der Waals surface area contributed by atoms with Crippen LogP contribution in [0.15, 0.2) is 24.3 Å². The largest absolute Gasteiger partial charge is 0.494 e. The second kappa shape index (κ2) is 8.55. The molecule has 3 aliphatic rings. The third kappa shape index (κ3) is 4.38. The molecule has 1 aromatic carbocycles. The molecule has 138 valence electrons. The maximum absolute atomic E-state index is 5.99. The lowest BCUT2D eigenvalue weighted by molar-refractivity contribution is 0.150. The van der Waals surface area contributed by atoms with E-state index >= 15 is 0 Å². The normalized spacial score (nSPS) is 30.2. The Morgan fingerprint density at radius 3 is 2.76 bits per heavy atom. The van der Waals surface area contributed by atoms with E-state index < -0.39 is 0 Å². The number of hydrogen-bond donors (Lipinski definition) is 1. The van der Waals surface area contributed by atoms with E-state index in [2.05, 4.69) is 34.5 Å². The summed E-state index contributed by atoms with van der Waals surface area (Å²) in [4.78, 5) is 2.76. The number of rotatable bonds is 6. The molecule has 0 spiro atoms. The van der Waals surface area contributed by atoms with E-state index in [4.69, 9.17) is 4.74 Å². The Balaban J connectivity index is 1.23. The summed E-state index contributed by atoms with van der Waals surface area (Å²) in [6.07, 6.45) is 12.1. The van der Waals surface area contributed by atoms with E-state index in [0.29, 0.717) is 6.04 Å². The number of nitrogens with one attached hydrogen (secondary N) is 1. The average molecular weight is 343 g/mol. The molecule has 3 fully saturated rings. The van der Waals surface area contributed by atoms with Crippen molar-refractivity contribution in [1.29, 1.82) is 0 Å². The average Bonchev–Trinajstić information content (AvgIpc) is 3.11. The predicted molar refractivity (Wildman–Crippen MR) is 103 cm³/mol. The van der Waals surface area contributed by atoms with Gasteiger partial charge in [-0.3, -0.25) is 4.90 Å². The topological polar surface area (TPSA) is 24.5 Å². The Kier molecular flexibility index (Phi) is 5.94. The summed E-state index contributed by atoms with van der Waals surface area (Å²) in [7, 11) is 0. The molecule has 0 saturated carbocycles. The molecule has 3 saturated heterocycles. The van der Waals surface area contributed by atoms with E-state index in [9.17, 15) is 0 Å². The molecular formula is C22H34N2O. The van der Waals surface area contributed by atoms with Gasteiger partial charge in [-0.25, -0.2) is 0 Å². The highest BCUT2D eigenvalue weighted by Gasteiger charge is 2.35. The highest BCUT2D eigenvalue weighted by molar-refractivity contribution is 5.30. The Hall–Kier alpha value is -1.06. The van der Waals surface area contributed by atoms with Crippen LogP contribution in [0, 0.1) is 5.92 Å². The molecule has 3 nitrogen and oxygen atoms in total. The van der Waals surface area contributed by atoms with Crippen LogP contribution in [0.1, 0.15) is 69.4 Å². The summed E-state index contributed by atoms with van der Waals surface area (Å²) in [6, 6.07) is 10.5. The minimum atomic E-state index is 0.651. The van der Waals surface area contributed by atoms with E-state index in [1.54, 1.807) is 0 Å². The van der Waals surface area contributed by atoms with E-state index in [1.807, 2.05) is 0 Å². The van der Waals surface area contributed by atoms with Crippen molar-refractivity contribution in [3.05, 3.63) is 29.8 Å². The van der Waals surface area contributed by atoms with E-state index in [1.165, 1.54) is 83.0 Å². The molecule has 3 atom stereocenters. The maximum atomic E-state index is 5.99. The van der Waals surface area contributed by atoms with Gasteiger partial charge >= 0.3 is 0 Å². The quantitative estimate of drug-likeness (QED) is 0.769. The number of fused-ring (bicyclic) bond motifs is 1. The zero-order valence-electron chi connectivity index (χ0n) is 15.6. The first-order valence-corrected chi connectivity index (χ1v) is 10.6. The summed E-state index contributed by atoms with van der Waals surface area (Å²) < 4.78 is 5.99. The van der Waals surface area contributed by atoms with Crippen LogP contribution in [-0.4, -0.2) is 37.2 Å². The molecule has 0 bridgehead atoms. The van der Waals surface area contributed by atoms with Crippen molar-refractivity contribution in [3.63, 3.8) is 0 Å². The van der Waals surface area contributed by atoms with Gasteiger partial charge in [-0.05, 0) is 94.6 Å². The number of benzene rings is 1. The highest BCUT2D eigenvalue weighted by Crippen LogP contribution is 2.40. The van der Waals surface area contributed by atoms with Crippen molar-refractivity contribution < 1.29 is 4.74 Å². The first kappa shape index (κ1) is 17.4. The van der Waals surface area contributed by atoms with Crippen LogP contribution in [0.5, 0.6) is 5.75 Å². The molecule has 1 unspecified atom stereocenters. The van der Waals surface area contributed by atoms with Crippen LogP contribution < -0.4 is 10.1 Å². The number of piperidine rings is 2. The van der Waals surface area contributed by atoms with Gasteiger partial charge in [0.25, 0.3) is 0 Å². The maximum Gasteiger partial charge on any atom is 0.119 e. The molecule has 3 aliphatic heterocycles. The van der Waals surface area contributed by atoms with Gasteiger partial charge in [0.05, 0.1) is 6.61 Å². The zero-order valence-corrected chi connectivity index (χ0v) is 15.6. The van der Waals surface area contributed by atoms with Crippen LogP contribution in [0.4, 0.5) is 0 Å². The van der Waals surface area contributed by atoms with Crippen molar-refractivity contribution in [1.82, 2.24) is 10.2 Å². The standard InChI is InChI=1S/C22H34N2O/c1-2-15-24-20(7-1)10-13-22(24)19-8-11-21(12-9-19)25-16-4-6-18-5-3-14-23-17-18/h8-9,11-12,18,20,22-23H,1-7,10,13-17H2/t18?,20-,22-/m1/s1. The van der Waals surface area contributed by atoms with Gasteiger partial charge in [0.1, 0.15) is 5.75 Å². The van der Waals surface area contributed by atoms with Gasteiger partial charge in [-0.15, -0.1) is 0 Å². The molecular weight excluding hydrogens is 308 g/mol. The number of hydrogen-bond acceptors (Lipinski definition) is 3. The van der Waals surface area contributed by atoms with Gasteiger partial charge in [0, 0.05) is 12.1 Å². The summed E-state index contributed by atoms with van der Waals surface area (Å²) >= 11 is 0. The minimum absolute atomic E-state index is 0.651. The molecule has 4 rings (SSSR count). The summed E-state index contributed by atoms with van der Waals surface area (Å²) in [5, 5.41) is 3.50. The summed E-state index contributed by atoms with van der Waals surface area (Å²) in [6.45, 7) is 4.56. The lowest BCUT2D eigenvalue weighted by atomic mass is 9.95. The molecule has 1 aromatic rings. The fourth-order valence-corrected chi connectivity index (χ4v) is 5.14. The van der Waals surface area contributed by atoms with Crippen molar-refractivity contribution in [2.75, 3.05) is 26.2 Å². The second-order valence-corrected chi connectivity index (χ2v) is 8.25. The first-order chi connectivity index (χ1) is 12.4. The van der Waals surface area contributed by atoms with E-state index in [-0.39, 0.29) is 0 Å². The molecule has 0 amide bonds. The van der Waals surface area contributed by atoms with E-state index in [0.717, 1.165) is 24.3 Å². The fraction of sp³-hybridized carbons (Fsp3) is 0.727. The van der Waals surface area contributed by atoms with Crippen LogP contribution in [0.3, 0.4) is 0 Å². The van der Waals surface area contributed by atoms with Crippen molar-refractivity contribution in [3.8, 4) is 5.75 Å². The van der Waals surface area contributed by atoms with Gasteiger partial charge in [-0.2, -0.15) is 0 Å². The minimum Gasteiger partial charge on any atom is -0.494 e. The van der Waals surface area contributed by atoms with Gasteiger partial charge < -0.3 is 10.1 Å². The Bertz CT molecular complexity index is 523. The number of ether oxygens (including phenoxy) is 1. The monoisotopic (exact) mass is 342 g/mol. The molecule has 3 heteroatoms. The van der Waals surface area contributed by atoms with Crippen molar-refractivity contribution in [2.45, 2.75) is 69.9 Å². The first-order valence-electron chi connectivity index (χ1n) is 10.6. The zero-order chi connectivity index (χ0) is 16.9. The summed E-state index contributed by atoms with van der Waals surface area (Å²) in [5.74, 6) is 1.90. The smallest absolute Gasteiger partial charge is 0.119 e. The molecule has 0 aliphatic carbocycles. The van der Waals surface area contributed by atoms with Crippen LogP contribution >= 0.6 is 0 Å². The fourth-order valence-electron chi connectivity index (χ4n) is 5.14. The highest BCUT2D eigenvalue weighted by atomic mass is 16.5.